The minimum absolute atomic E-state index is 0.00240. The van der Waals surface area contributed by atoms with Crippen molar-refractivity contribution in [1.82, 2.24) is 4.98 Å². The molecule has 0 fully saturated rings. The number of carbonyl (C=O) groups is 1. The lowest BCUT2D eigenvalue weighted by molar-refractivity contribution is -0.137. The van der Waals surface area contributed by atoms with E-state index in [1.165, 1.54) is 31.5 Å². The Bertz CT molecular complexity index is 657. The number of hydrogen-bond donors (Lipinski definition) is 1. The van der Waals surface area contributed by atoms with Crippen LogP contribution in [0.5, 0.6) is 0 Å². The second-order valence-corrected chi connectivity index (χ2v) is 4.09. The molecule has 7 heteroatoms. The van der Waals surface area contributed by atoms with Gasteiger partial charge < -0.3 is 10.1 Å². The first-order chi connectivity index (χ1) is 9.91. The molecular weight excluding hydrogens is 285 g/mol. The summed E-state index contributed by atoms with van der Waals surface area (Å²) in [5, 5.41) is 2.74. The van der Waals surface area contributed by atoms with Crippen molar-refractivity contribution in [3.63, 3.8) is 0 Å². The van der Waals surface area contributed by atoms with Gasteiger partial charge in [0.25, 0.3) is 0 Å². The third kappa shape index (κ3) is 3.50. The number of pyridine rings is 1. The number of aromatic nitrogens is 1. The van der Waals surface area contributed by atoms with Crippen LogP contribution in [-0.4, -0.2) is 18.1 Å². The molecule has 1 aromatic heterocycles. The molecule has 0 unspecified atom stereocenters. The zero-order valence-electron chi connectivity index (χ0n) is 10.9. The molecule has 1 aromatic carbocycles. The van der Waals surface area contributed by atoms with Crippen LogP contribution in [-0.2, 0) is 10.9 Å². The summed E-state index contributed by atoms with van der Waals surface area (Å²) in [6, 6.07) is 7.74. The van der Waals surface area contributed by atoms with Crippen LogP contribution in [0.25, 0.3) is 0 Å². The molecule has 0 aliphatic heterocycles. The number of anilines is 2. The van der Waals surface area contributed by atoms with Crippen LogP contribution in [0.15, 0.2) is 42.6 Å². The zero-order chi connectivity index (χ0) is 15.5. The summed E-state index contributed by atoms with van der Waals surface area (Å²) in [7, 11) is 1.20. The second kappa shape index (κ2) is 5.82. The van der Waals surface area contributed by atoms with Gasteiger partial charge in [0.2, 0.25) is 0 Å². The highest BCUT2D eigenvalue weighted by molar-refractivity contribution is 5.94. The quantitative estimate of drug-likeness (QED) is 0.879. The molecule has 1 N–H and O–H groups in total. The first-order valence-corrected chi connectivity index (χ1v) is 5.89. The number of halogens is 3. The number of nitrogens with one attached hydrogen (secondary N) is 1. The minimum atomic E-state index is -4.43. The number of nitrogens with zero attached hydrogens (tertiary/aromatic N) is 1. The van der Waals surface area contributed by atoms with Gasteiger partial charge in [0, 0.05) is 11.9 Å². The highest BCUT2D eigenvalue weighted by Gasteiger charge is 2.30. The standard InChI is InChI=1S/C14H11F3N2O2/c1-21-13(20)12-11(6-3-7-18-12)19-10-5-2-4-9(8-10)14(15,16)17/h2-8,19H,1H3. The molecule has 110 valence electrons. The lowest BCUT2D eigenvalue weighted by atomic mass is 10.2. The maximum Gasteiger partial charge on any atom is 0.416 e. The summed E-state index contributed by atoms with van der Waals surface area (Å²) in [6.45, 7) is 0. The highest BCUT2D eigenvalue weighted by Crippen LogP contribution is 2.31. The predicted octanol–water partition coefficient (Wildman–Crippen LogP) is 3.63. The van der Waals surface area contributed by atoms with Crippen molar-refractivity contribution in [3.8, 4) is 0 Å². The van der Waals surface area contributed by atoms with Gasteiger partial charge in [-0.3, -0.25) is 0 Å². The molecule has 2 aromatic rings. The van der Waals surface area contributed by atoms with E-state index in [-0.39, 0.29) is 17.1 Å². The minimum Gasteiger partial charge on any atom is -0.464 e. The normalized spacial score (nSPS) is 11.0. The van der Waals surface area contributed by atoms with Gasteiger partial charge in [0.1, 0.15) is 0 Å². The molecule has 0 aliphatic rings. The molecule has 0 radical (unpaired) electrons. The molecule has 0 bridgehead atoms. The van der Waals surface area contributed by atoms with E-state index < -0.39 is 17.7 Å². The van der Waals surface area contributed by atoms with E-state index in [0.717, 1.165) is 12.1 Å². The summed E-state index contributed by atoms with van der Waals surface area (Å²) < 4.78 is 42.5. The van der Waals surface area contributed by atoms with Crippen molar-refractivity contribution in [3.05, 3.63) is 53.9 Å². The van der Waals surface area contributed by atoms with E-state index in [9.17, 15) is 18.0 Å². The van der Waals surface area contributed by atoms with Crippen molar-refractivity contribution in [1.29, 1.82) is 0 Å². The van der Waals surface area contributed by atoms with Gasteiger partial charge in [-0.15, -0.1) is 0 Å². The van der Waals surface area contributed by atoms with Gasteiger partial charge in [0.05, 0.1) is 18.4 Å². The molecule has 0 aliphatic carbocycles. The largest absolute Gasteiger partial charge is 0.464 e. The van der Waals surface area contributed by atoms with Gasteiger partial charge in [-0.05, 0) is 30.3 Å². The van der Waals surface area contributed by atoms with E-state index in [1.54, 1.807) is 6.07 Å². The van der Waals surface area contributed by atoms with Crippen LogP contribution in [0.2, 0.25) is 0 Å². The monoisotopic (exact) mass is 296 g/mol. The Labute approximate surface area is 118 Å². The fraction of sp³-hybridized carbons (Fsp3) is 0.143. The third-order valence-electron chi connectivity index (χ3n) is 2.66. The lowest BCUT2D eigenvalue weighted by Crippen LogP contribution is -2.09. The zero-order valence-corrected chi connectivity index (χ0v) is 10.9. The third-order valence-corrected chi connectivity index (χ3v) is 2.66. The number of carbonyl (C=O) groups excluding carboxylic acids is 1. The summed E-state index contributed by atoms with van der Waals surface area (Å²) in [6.07, 6.45) is -3.04. The molecule has 2 rings (SSSR count). The molecule has 1 heterocycles. The Morgan fingerprint density at radius 2 is 2.00 bits per heavy atom. The molecule has 0 amide bonds. The number of methoxy groups -OCH3 is 1. The van der Waals surface area contributed by atoms with Crippen molar-refractivity contribution in [2.24, 2.45) is 0 Å². The number of benzene rings is 1. The molecule has 21 heavy (non-hydrogen) atoms. The van der Waals surface area contributed by atoms with Crippen LogP contribution in [0.3, 0.4) is 0 Å². The first kappa shape index (κ1) is 14.8. The Balaban J connectivity index is 2.33. The van der Waals surface area contributed by atoms with E-state index in [4.69, 9.17) is 0 Å². The smallest absolute Gasteiger partial charge is 0.416 e. The fourth-order valence-electron chi connectivity index (χ4n) is 1.69. The van der Waals surface area contributed by atoms with E-state index in [0.29, 0.717) is 0 Å². The van der Waals surface area contributed by atoms with Gasteiger partial charge in [-0.25, -0.2) is 9.78 Å². The van der Waals surface area contributed by atoms with Crippen molar-refractivity contribution in [2.45, 2.75) is 6.18 Å². The first-order valence-electron chi connectivity index (χ1n) is 5.89. The summed E-state index contributed by atoms with van der Waals surface area (Å²) >= 11 is 0. The topological polar surface area (TPSA) is 51.2 Å². The number of hydrogen-bond acceptors (Lipinski definition) is 4. The summed E-state index contributed by atoms with van der Waals surface area (Å²) in [5.74, 6) is -0.676. The van der Waals surface area contributed by atoms with Gasteiger partial charge in [-0.1, -0.05) is 6.07 Å². The van der Waals surface area contributed by atoms with Crippen molar-refractivity contribution < 1.29 is 22.7 Å². The second-order valence-electron chi connectivity index (χ2n) is 4.09. The SMILES string of the molecule is COC(=O)c1ncccc1Nc1cccc(C(F)(F)F)c1. The van der Waals surface area contributed by atoms with E-state index in [1.807, 2.05) is 0 Å². The molecule has 0 saturated heterocycles. The number of alkyl halides is 3. The number of rotatable bonds is 3. The maximum absolute atomic E-state index is 12.7. The van der Waals surface area contributed by atoms with Crippen molar-refractivity contribution in [2.75, 3.05) is 12.4 Å². The van der Waals surface area contributed by atoms with Gasteiger partial charge in [-0.2, -0.15) is 13.2 Å². The number of esters is 1. The van der Waals surface area contributed by atoms with E-state index in [2.05, 4.69) is 15.0 Å². The average Bonchev–Trinajstić information content (AvgIpc) is 2.46. The van der Waals surface area contributed by atoms with Crippen molar-refractivity contribution >= 4 is 17.3 Å². The predicted molar refractivity (Wildman–Crippen MR) is 70.3 cm³/mol. The molecule has 0 atom stereocenters. The van der Waals surface area contributed by atoms with Crippen LogP contribution >= 0.6 is 0 Å². The molecule has 0 spiro atoms. The van der Waals surface area contributed by atoms with Gasteiger partial charge in [0.15, 0.2) is 5.69 Å². The Hall–Kier alpha value is -2.57. The maximum atomic E-state index is 12.7. The number of ether oxygens (including phenoxy) is 1. The lowest BCUT2D eigenvalue weighted by Gasteiger charge is -2.12. The Morgan fingerprint density at radius 3 is 2.67 bits per heavy atom. The van der Waals surface area contributed by atoms with Crippen LogP contribution in [0.4, 0.5) is 24.5 Å². The van der Waals surface area contributed by atoms with Crippen LogP contribution in [0, 0.1) is 0 Å². The molecule has 4 nitrogen and oxygen atoms in total. The van der Waals surface area contributed by atoms with Gasteiger partial charge >= 0.3 is 12.1 Å². The Morgan fingerprint density at radius 1 is 1.24 bits per heavy atom. The summed E-state index contributed by atoms with van der Waals surface area (Å²) in [4.78, 5) is 15.4. The fourth-order valence-corrected chi connectivity index (χ4v) is 1.69. The van der Waals surface area contributed by atoms with Crippen LogP contribution < -0.4 is 5.32 Å². The average molecular weight is 296 g/mol. The highest BCUT2D eigenvalue weighted by atomic mass is 19.4. The van der Waals surface area contributed by atoms with Crippen LogP contribution in [0.1, 0.15) is 16.1 Å². The summed E-state index contributed by atoms with van der Waals surface area (Å²) in [5.41, 5.74) is -0.319. The molecule has 0 saturated carbocycles. The molecular formula is C14H11F3N2O2. The van der Waals surface area contributed by atoms with E-state index >= 15 is 0 Å². The Kier molecular flexibility index (Phi) is 4.11.